The highest BCUT2D eigenvalue weighted by atomic mass is 16.3. The van der Waals surface area contributed by atoms with Gasteiger partial charge in [0.2, 0.25) is 0 Å². The van der Waals surface area contributed by atoms with E-state index >= 15 is 0 Å². The predicted molar refractivity (Wildman–Crippen MR) is 199 cm³/mol. The van der Waals surface area contributed by atoms with Gasteiger partial charge in [0.25, 0.3) is 0 Å². The zero-order valence-corrected chi connectivity index (χ0v) is 26.0. The summed E-state index contributed by atoms with van der Waals surface area (Å²) in [4.78, 5) is 7.20. The van der Waals surface area contributed by atoms with Crippen molar-refractivity contribution in [3.8, 4) is 44.5 Å². The molecule has 224 valence electrons. The first-order chi connectivity index (χ1) is 23.8. The van der Waals surface area contributed by atoms with Crippen molar-refractivity contribution < 1.29 is 4.42 Å². The molecule has 0 spiro atoms. The third-order valence-corrected chi connectivity index (χ3v) is 9.69. The number of furan rings is 1. The number of benzene rings is 7. The molecular formula is C45H28N2O. The van der Waals surface area contributed by atoms with Crippen molar-refractivity contribution in [3.05, 3.63) is 170 Å². The van der Waals surface area contributed by atoms with Crippen LogP contribution in [0.2, 0.25) is 0 Å². The van der Waals surface area contributed by atoms with Crippen molar-refractivity contribution in [2.24, 2.45) is 0 Å². The van der Waals surface area contributed by atoms with Gasteiger partial charge in [0.15, 0.2) is 0 Å². The zero-order chi connectivity index (χ0) is 31.6. The second-order valence-electron chi connectivity index (χ2n) is 12.4. The molecular weight excluding hydrogens is 585 g/mol. The molecule has 0 N–H and O–H groups in total. The summed E-state index contributed by atoms with van der Waals surface area (Å²) in [5, 5.41) is 4.70. The summed E-state index contributed by atoms with van der Waals surface area (Å²) in [6.07, 6.45) is 1.93. The summed E-state index contributed by atoms with van der Waals surface area (Å²) < 4.78 is 6.29. The van der Waals surface area contributed by atoms with Gasteiger partial charge in [-0.25, -0.2) is 4.98 Å². The number of para-hydroxylation sites is 1. The summed E-state index contributed by atoms with van der Waals surface area (Å²) in [5.41, 5.74) is 13.7. The Morgan fingerprint density at radius 1 is 0.396 bits per heavy atom. The van der Waals surface area contributed by atoms with E-state index in [1.807, 2.05) is 30.5 Å². The minimum atomic E-state index is 0.796. The SMILES string of the molecule is c1ccc(-c2ccc(N(c3ccc(-c4ccc5c6c(cccc46)-c4ccccc4-5)cc3)c3cc4oc5ccccc5c4cn3)cc2)cc1. The average Bonchev–Trinajstić information content (AvgIpc) is 3.69. The number of hydrogen-bond acceptors (Lipinski definition) is 3. The van der Waals surface area contributed by atoms with Crippen molar-refractivity contribution in [1.29, 1.82) is 0 Å². The normalized spacial score (nSPS) is 11.8. The number of aromatic nitrogens is 1. The van der Waals surface area contributed by atoms with Gasteiger partial charge in [0, 0.05) is 34.4 Å². The van der Waals surface area contributed by atoms with E-state index < -0.39 is 0 Å². The monoisotopic (exact) mass is 612 g/mol. The highest BCUT2D eigenvalue weighted by molar-refractivity contribution is 6.18. The molecule has 3 heteroatoms. The number of hydrogen-bond donors (Lipinski definition) is 0. The molecule has 3 nitrogen and oxygen atoms in total. The van der Waals surface area contributed by atoms with Gasteiger partial charge in [0.1, 0.15) is 17.0 Å². The zero-order valence-electron chi connectivity index (χ0n) is 26.0. The van der Waals surface area contributed by atoms with Crippen LogP contribution in [0.1, 0.15) is 0 Å². The van der Waals surface area contributed by atoms with Gasteiger partial charge in [-0.15, -0.1) is 0 Å². The molecule has 0 fully saturated rings. The van der Waals surface area contributed by atoms with E-state index in [2.05, 4.69) is 144 Å². The van der Waals surface area contributed by atoms with Crippen molar-refractivity contribution in [2.45, 2.75) is 0 Å². The van der Waals surface area contributed by atoms with Gasteiger partial charge in [-0.1, -0.05) is 127 Å². The van der Waals surface area contributed by atoms with Crippen LogP contribution in [0.4, 0.5) is 17.2 Å². The number of fused-ring (bicyclic) bond motifs is 6. The largest absolute Gasteiger partial charge is 0.456 e. The Morgan fingerprint density at radius 2 is 0.979 bits per heavy atom. The Labute approximate surface area is 278 Å². The number of pyridine rings is 1. The molecule has 0 atom stereocenters. The average molecular weight is 613 g/mol. The van der Waals surface area contributed by atoms with Gasteiger partial charge in [0.05, 0.1) is 0 Å². The smallest absolute Gasteiger partial charge is 0.141 e. The second-order valence-corrected chi connectivity index (χ2v) is 12.4. The number of rotatable bonds is 5. The molecule has 2 aromatic heterocycles. The Kier molecular flexibility index (Phi) is 5.87. The van der Waals surface area contributed by atoms with E-state index in [1.54, 1.807) is 0 Å². The lowest BCUT2D eigenvalue weighted by atomic mass is 9.94. The van der Waals surface area contributed by atoms with Gasteiger partial charge >= 0.3 is 0 Å². The molecule has 0 amide bonds. The molecule has 2 heterocycles. The van der Waals surface area contributed by atoms with Crippen LogP contribution < -0.4 is 4.90 Å². The lowest BCUT2D eigenvalue weighted by molar-refractivity contribution is 0.668. The Morgan fingerprint density at radius 3 is 1.75 bits per heavy atom. The van der Waals surface area contributed by atoms with Crippen LogP contribution in [0.5, 0.6) is 0 Å². The molecule has 48 heavy (non-hydrogen) atoms. The molecule has 1 aliphatic rings. The lowest BCUT2D eigenvalue weighted by Crippen LogP contribution is -2.11. The van der Waals surface area contributed by atoms with Crippen LogP contribution in [0.25, 0.3) is 77.2 Å². The lowest BCUT2D eigenvalue weighted by Gasteiger charge is -2.25. The van der Waals surface area contributed by atoms with Crippen LogP contribution >= 0.6 is 0 Å². The van der Waals surface area contributed by atoms with Crippen molar-refractivity contribution in [1.82, 2.24) is 4.98 Å². The first-order valence-corrected chi connectivity index (χ1v) is 16.3. The summed E-state index contributed by atoms with van der Waals surface area (Å²) in [6.45, 7) is 0. The number of nitrogens with zero attached hydrogens (tertiary/aromatic N) is 2. The quantitative estimate of drug-likeness (QED) is 0.194. The maximum absolute atomic E-state index is 6.29. The fourth-order valence-corrected chi connectivity index (χ4v) is 7.43. The van der Waals surface area contributed by atoms with E-state index in [9.17, 15) is 0 Å². The first-order valence-electron chi connectivity index (χ1n) is 16.3. The third-order valence-electron chi connectivity index (χ3n) is 9.69. The van der Waals surface area contributed by atoms with Crippen molar-refractivity contribution >= 4 is 49.9 Å². The molecule has 7 aromatic carbocycles. The Hall–Kier alpha value is -6.45. The molecule has 10 rings (SSSR count). The highest BCUT2D eigenvalue weighted by Gasteiger charge is 2.23. The molecule has 0 bridgehead atoms. The molecule has 0 radical (unpaired) electrons. The van der Waals surface area contributed by atoms with Gasteiger partial charge in [-0.05, 0) is 85.6 Å². The van der Waals surface area contributed by atoms with Crippen LogP contribution in [-0.2, 0) is 0 Å². The molecule has 9 aromatic rings. The standard InChI is InChI=1S/C45H28N2O/c1-2-9-29(10-3-1)30-17-21-32(22-18-30)47(44-27-43-41(28-46-44)37-13-6-7-16-42(37)48-43)33-23-19-31(20-24-33)34-25-26-40-36-12-5-4-11-35(36)39-15-8-14-38(34)45(39)40/h1-28H. The van der Waals surface area contributed by atoms with E-state index in [1.165, 1.54) is 55.3 Å². The number of anilines is 3. The molecule has 0 unspecified atom stereocenters. The summed E-state index contributed by atoms with van der Waals surface area (Å²) in [6, 6.07) is 58.2. The predicted octanol–water partition coefficient (Wildman–Crippen LogP) is 12.6. The minimum absolute atomic E-state index is 0.796. The Balaban J connectivity index is 1.09. The van der Waals surface area contributed by atoms with Crippen LogP contribution in [-0.4, -0.2) is 4.98 Å². The fourth-order valence-electron chi connectivity index (χ4n) is 7.43. The van der Waals surface area contributed by atoms with Crippen LogP contribution in [0, 0.1) is 0 Å². The topological polar surface area (TPSA) is 29.3 Å². The molecule has 0 saturated heterocycles. The second kappa shape index (κ2) is 10.5. The minimum Gasteiger partial charge on any atom is -0.456 e. The van der Waals surface area contributed by atoms with E-state index in [0.29, 0.717) is 0 Å². The highest BCUT2D eigenvalue weighted by Crippen LogP contribution is 2.49. The maximum atomic E-state index is 6.29. The van der Waals surface area contributed by atoms with Crippen LogP contribution in [0.3, 0.4) is 0 Å². The summed E-state index contributed by atoms with van der Waals surface area (Å²) in [7, 11) is 0. The third kappa shape index (κ3) is 4.11. The van der Waals surface area contributed by atoms with E-state index in [4.69, 9.17) is 9.40 Å². The summed E-state index contributed by atoms with van der Waals surface area (Å²) in [5.74, 6) is 0.796. The summed E-state index contributed by atoms with van der Waals surface area (Å²) >= 11 is 0. The van der Waals surface area contributed by atoms with E-state index in [-0.39, 0.29) is 0 Å². The molecule has 1 aliphatic carbocycles. The maximum Gasteiger partial charge on any atom is 0.141 e. The Bertz CT molecular complexity index is 2620. The molecule has 0 aliphatic heterocycles. The van der Waals surface area contributed by atoms with E-state index in [0.717, 1.165) is 39.1 Å². The van der Waals surface area contributed by atoms with Crippen molar-refractivity contribution in [2.75, 3.05) is 4.90 Å². The van der Waals surface area contributed by atoms with Gasteiger partial charge < -0.3 is 4.42 Å². The van der Waals surface area contributed by atoms with Crippen molar-refractivity contribution in [3.63, 3.8) is 0 Å². The molecule has 0 saturated carbocycles. The fraction of sp³-hybridized carbons (Fsp3) is 0. The van der Waals surface area contributed by atoms with Crippen LogP contribution in [0.15, 0.2) is 174 Å². The van der Waals surface area contributed by atoms with Gasteiger partial charge in [-0.3, -0.25) is 4.90 Å². The first kappa shape index (κ1) is 26.7. The van der Waals surface area contributed by atoms with Gasteiger partial charge in [-0.2, -0.15) is 0 Å².